The van der Waals surface area contributed by atoms with Gasteiger partial charge in [-0.25, -0.2) is 4.68 Å². The lowest BCUT2D eigenvalue weighted by atomic mass is 10.2. The molecule has 0 saturated heterocycles. The van der Waals surface area contributed by atoms with Crippen molar-refractivity contribution in [3.63, 3.8) is 0 Å². The molecule has 2 N–H and O–H groups in total. The molecule has 0 aliphatic carbocycles. The van der Waals surface area contributed by atoms with E-state index in [-0.39, 0.29) is 0 Å². The van der Waals surface area contributed by atoms with E-state index in [0.717, 1.165) is 11.3 Å². The number of aromatic nitrogens is 3. The van der Waals surface area contributed by atoms with E-state index in [1.165, 1.54) is 0 Å². The first-order valence-corrected chi connectivity index (χ1v) is 3.98. The van der Waals surface area contributed by atoms with Crippen LogP contribution in [0, 0.1) is 6.20 Å². The SMILES string of the molecule is NCc1cccc(-n2c[c]nn2)c1. The summed E-state index contributed by atoms with van der Waals surface area (Å²) in [6, 6.07) is 7.84. The minimum atomic E-state index is 0.534. The quantitative estimate of drug-likeness (QED) is 0.720. The number of nitrogens with zero attached hydrogens (tertiary/aromatic N) is 3. The monoisotopic (exact) mass is 173 g/mol. The Morgan fingerprint density at radius 2 is 2.38 bits per heavy atom. The summed E-state index contributed by atoms with van der Waals surface area (Å²) in [5.74, 6) is 0. The predicted octanol–water partition coefficient (Wildman–Crippen LogP) is 0.526. The fourth-order valence-electron chi connectivity index (χ4n) is 1.13. The molecule has 0 aliphatic heterocycles. The zero-order chi connectivity index (χ0) is 9.10. The summed E-state index contributed by atoms with van der Waals surface area (Å²) in [5, 5.41) is 7.44. The van der Waals surface area contributed by atoms with Crippen LogP contribution >= 0.6 is 0 Å². The second-order valence-corrected chi connectivity index (χ2v) is 2.67. The molecule has 0 bridgehead atoms. The topological polar surface area (TPSA) is 56.7 Å². The molecule has 2 rings (SSSR count). The molecule has 1 aromatic carbocycles. The predicted molar refractivity (Wildman–Crippen MR) is 48.1 cm³/mol. The number of hydrogen-bond acceptors (Lipinski definition) is 3. The van der Waals surface area contributed by atoms with Gasteiger partial charge < -0.3 is 5.73 Å². The number of benzene rings is 1. The van der Waals surface area contributed by atoms with Crippen molar-refractivity contribution in [2.24, 2.45) is 5.73 Å². The zero-order valence-corrected chi connectivity index (χ0v) is 7.01. The summed E-state index contributed by atoms with van der Waals surface area (Å²) in [5.41, 5.74) is 7.55. The van der Waals surface area contributed by atoms with Gasteiger partial charge in [0.1, 0.15) is 6.20 Å². The molecule has 1 aromatic heterocycles. The molecule has 2 aromatic rings. The minimum absolute atomic E-state index is 0.534. The van der Waals surface area contributed by atoms with Gasteiger partial charge in [0.05, 0.1) is 11.9 Å². The standard InChI is InChI=1S/C9H9N4/c10-7-8-2-1-3-9(6-8)13-5-4-11-12-13/h1-3,5-6H,7,10H2. The third kappa shape index (κ3) is 1.57. The average Bonchev–Trinajstić information content (AvgIpc) is 2.71. The maximum atomic E-state index is 5.52. The second kappa shape index (κ2) is 3.37. The van der Waals surface area contributed by atoms with E-state index in [1.54, 1.807) is 10.9 Å². The molecule has 1 heterocycles. The van der Waals surface area contributed by atoms with Crippen molar-refractivity contribution in [1.82, 2.24) is 15.0 Å². The Kier molecular flexibility index (Phi) is 2.06. The Bertz CT molecular complexity index is 380. The molecule has 0 spiro atoms. The third-order valence-corrected chi connectivity index (χ3v) is 1.79. The van der Waals surface area contributed by atoms with Gasteiger partial charge in [-0.2, -0.15) is 0 Å². The van der Waals surface area contributed by atoms with E-state index in [0.29, 0.717) is 6.54 Å². The molecule has 4 heteroatoms. The third-order valence-electron chi connectivity index (χ3n) is 1.79. The van der Waals surface area contributed by atoms with E-state index in [4.69, 9.17) is 5.73 Å². The Hall–Kier alpha value is -1.68. The van der Waals surface area contributed by atoms with Crippen LogP contribution in [0.1, 0.15) is 5.56 Å². The molecule has 0 aliphatic rings. The van der Waals surface area contributed by atoms with Gasteiger partial charge in [0, 0.05) is 6.54 Å². The van der Waals surface area contributed by atoms with Gasteiger partial charge in [0.15, 0.2) is 0 Å². The lowest BCUT2D eigenvalue weighted by molar-refractivity contribution is 0.801. The lowest BCUT2D eigenvalue weighted by Crippen LogP contribution is -1.99. The smallest absolute Gasteiger partial charge is 0.135 e. The summed E-state index contributed by atoms with van der Waals surface area (Å²) < 4.78 is 1.65. The molecular formula is C9H9N4. The first-order valence-electron chi connectivity index (χ1n) is 3.98. The van der Waals surface area contributed by atoms with Gasteiger partial charge in [0.2, 0.25) is 0 Å². The van der Waals surface area contributed by atoms with Gasteiger partial charge in [0.25, 0.3) is 0 Å². The van der Waals surface area contributed by atoms with E-state index in [2.05, 4.69) is 16.5 Å². The van der Waals surface area contributed by atoms with Gasteiger partial charge >= 0.3 is 0 Å². The van der Waals surface area contributed by atoms with Crippen LogP contribution in [0.3, 0.4) is 0 Å². The van der Waals surface area contributed by atoms with Gasteiger partial charge in [-0.1, -0.05) is 17.3 Å². The van der Waals surface area contributed by atoms with Crippen molar-refractivity contribution in [1.29, 1.82) is 0 Å². The van der Waals surface area contributed by atoms with Crippen LogP contribution in [0.2, 0.25) is 0 Å². The van der Waals surface area contributed by atoms with Crippen LogP contribution in [0.4, 0.5) is 0 Å². The van der Waals surface area contributed by atoms with Crippen LogP contribution in [-0.4, -0.2) is 15.0 Å². The molecule has 65 valence electrons. The first kappa shape index (κ1) is 7.94. The van der Waals surface area contributed by atoms with Gasteiger partial charge in [-0.05, 0) is 17.7 Å². The van der Waals surface area contributed by atoms with Crippen molar-refractivity contribution in [2.45, 2.75) is 6.54 Å². The average molecular weight is 173 g/mol. The van der Waals surface area contributed by atoms with Crippen molar-refractivity contribution >= 4 is 0 Å². The van der Waals surface area contributed by atoms with Crippen molar-refractivity contribution in [3.05, 3.63) is 42.2 Å². The second-order valence-electron chi connectivity index (χ2n) is 2.67. The van der Waals surface area contributed by atoms with Crippen molar-refractivity contribution in [3.8, 4) is 5.69 Å². The fraction of sp³-hybridized carbons (Fsp3) is 0.111. The maximum Gasteiger partial charge on any atom is 0.135 e. The van der Waals surface area contributed by atoms with Crippen molar-refractivity contribution < 1.29 is 0 Å². The lowest BCUT2D eigenvalue weighted by Gasteiger charge is -2.01. The summed E-state index contributed by atoms with van der Waals surface area (Å²) in [6.07, 6.45) is 4.31. The zero-order valence-electron chi connectivity index (χ0n) is 7.01. The van der Waals surface area contributed by atoms with Crippen LogP contribution in [0.25, 0.3) is 5.69 Å². The highest BCUT2D eigenvalue weighted by atomic mass is 15.4. The van der Waals surface area contributed by atoms with Crippen molar-refractivity contribution in [2.75, 3.05) is 0 Å². The number of nitrogens with two attached hydrogens (primary N) is 1. The molecule has 0 amide bonds. The summed E-state index contributed by atoms with van der Waals surface area (Å²) in [6.45, 7) is 0.534. The highest BCUT2D eigenvalue weighted by Gasteiger charge is 1.96. The molecule has 4 nitrogen and oxygen atoms in total. The van der Waals surface area contributed by atoms with Gasteiger partial charge in [-0.15, -0.1) is 5.10 Å². The summed E-state index contributed by atoms with van der Waals surface area (Å²) in [7, 11) is 0. The van der Waals surface area contributed by atoms with E-state index in [9.17, 15) is 0 Å². The first-order chi connectivity index (χ1) is 6.40. The van der Waals surface area contributed by atoms with E-state index >= 15 is 0 Å². The molecular weight excluding hydrogens is 164 g/mol. The highest BCUT2D eigenvalue weighted by molar-refractivity contribution is 5.34. The number of rotatable bonds is 2. The molecule has 0 fully saturated rings. The Labute approximate surface area is 76.0 Å². The maximum absolute atomic E-state index is 5.52. The van der Waals surface area contributed by atoms with Crippen LogP contribution in [0.15, 0.2) is 30.5 Å². The normalized spacial score (nSPS) is 10.2. The fourth-order valence-corrected chi connectivity index (χ4v) is 1.13. The molecule has 13 heavy (non-hydrogen) atoms. The summed E-state index contributed by atoms with van der Waals surface area (Å²) in [4.78, 5) is 0. The minimum Gasteiger partial charge on any atom is -0.326 e. The highest BCUT2D eigenvalue weighted by Crippen LogP contribution is 2.07. The Balaban J connectivity index is 2.41. The Morgan fingerprint density at radius 1 is 1.46 bits per heavy atom. The molecule has 1 radical (unpaired) electrons. The molecule has 0 atom stereocenters. The Morgan fingerprint density at radius 3 is 3.08 bits per heavy atom. The van der Waals surface area contributed by atoms with E-state index in [1.807, 2.05) is 24.3 Å². The van der Waals surface area contributed by atoms with E-state index < -0.39 is 0 Å². The molecule has 0 unspecified atom stereocenters. The van der Waals surface area contributed by atoms with Gasteiger partial charge in [-0.3, -0.25) is 0 Å². The van der Waals surface area contributed by atoms with Crippen LogP contribution in [0.5, 0.6) is 0 Å². The van der Waals surface area contributed by atoms with Crippen LogP contribution in [-0.2, 0) is 6.54 Å². The molecule has 0 saturated carbocycles. The number of hydrogen-bond donors (Lipinski definition) is 1. The van der Waals surface area contributed by atoms with Crippen LogP contribution < -0.4 is 5.73 Å². The largest absolute Gasteiger partial charge is 0.326 e. The summed E-state index contributed by atoms with van der Waals surface area (Å²) >= 11 is 0.